The molecule has 0 aliphatic heterocycles. The summed E-state index contributed by atoms with van der Waals surface area (Å²) in [5.74, 6) is -0.565. The van der Waals surface area contributed by atoms with Crippen molar-refractivity contribution in [3.8, 4) is 5.75 Å². The monoisotopic (exact) mass is 619 g/mol. The van der Waals surface area contributed by atoms with Crippen LogP contribution in [0.15, 0.2) is 71.6 Å². The molecule has 0 aromatic heterocycles. The first kappa shape index (κ1) is 32.2. The summed E-state index contributed by atoms with van der Waals surface area (Å²) >= 11 is 12.8. The molecular weight excluding hydrogens is 585 g/mol. The van der Waals surface area contributed by atoms with Crippen molar-refractivity contribution in [3.05, 3.63) is 87.9 Å². The molecule has 220 valence electrons. The van der Waals surface area contributed by atoms with E-state index in [1.165, 1.54) is 30.2 Å². The number of hydrogen-bond acceptors (Lipinski definition) is 5. The first-order valence-electron chi connectivity index (χ1n) is 13.2. The number of unbranched alkanes of at least 4 members (excludes halogenated alkanes) is 1. The average Bonchev–Trinajstić information content (AvgIpc) is 2.95. The zero-order valence-corrected chi connectivity index (χ0v) is 25.9. The Morgan fingerprint density at radius 1 is 1.00 bits per heavy atom. The minimum atomic E-state index is -4.20. The third-order valence-corrected chi connectivity index (χ3v) is 9.11. The molecule has 41 heavy (non-hydrogen) atoms. The third kappa shape index (κ3) is 8.15. The topological polar surface area (TPSA) is 96.0 Å². The van der Waals surface area contributed by atoms with Crippen LogP contribution in [0.1, 0.15) is 37.8 Å². The van der Waals surface area contributed by atoms with Gasteiger partial charge in [-0.15, -0.1) is 0 Å². The maximum Gasteiger partial charge on any atom is 0.264 e. The van der Waals surface area contributed by atoms with Gasteiger partial charge in [0.05, 0.1) is 17.7 Å². The molecule has 8 nitrogen and oxygen atoms in total. The molecule has 0 aliphatic carbocycles. The fourth-order valence-electron chi connectivity index (χ4n) is 4.10. The zero-order chi connectivity index (χ0) is 30.2. The number of sulfonamides is 1. The summed E-state index contributed by atoms with van der Waals surface area (Å²) in [5, 5.41) is 3.50. The van der Waals surface area contributed by atoms with Crippen molar-refractivity contribution in [2.45, 2.75) is 51.1 Å². The van der Waals surface area contributed by atoms with Gasteiger partial charge in [0.15, 0.2) is 0 Å². The van der Waals surface area contributed by atoms with E-state index in [4.69, 9.17) is 27.9 Å². The second-order valence-corrected chi connectivity index (χ2v) is 12.2. The predicted molar refractivity (Wildman–Crippen MR) is 163 cm³/mol. The van der Waals surface area contributed by atoms with Gasteiger partial charge in [-0.05, 0) is 56.7 Å². The number of amides is 2. The van der Waals surface area contributed by atoms with Gasteiger partial charge in [0, 0.05) is 34.8 Å². The highest BCUT2D eigenvalue weighted by Gasteiger charge is 2.33. The summed E-state index contributed by atoms with van der Waals surface area (Å²) in [4.78, 5) is 28.4. The molecule has 0 saturated carbocycles. The van der Waals surface area contributed by atoms with Crippen LogP contribution in [0.5, 0.6) is 5.75 Å². The molecule has 0 spiro atoms. The van der Waals surface area contributed by atoms with Gasteiger partial charge in [-0.2, -0.15) is 0 Å². The Morgan fingerprint density at radius 2 is 1.63 bits per heavy atom. The molecule has 3 aromatic rings. The Morgan fingerprint density at radius 3 is 2.24 bits per heavy atom. The van der Waals surface area contributed by atoms with Crippen molar-refractivity contribution < 1.29 is 22.7 Å². The molecule has 3 aromatic carbocycles. The van der Waals surface area contributed by atoms with Gasteiger partial charge in [0.1, 0.15) is 18.3 Å². The van der Waals surface area contributed by atoms with E-state index in [1.807, 2.05) is 13.8 Å². The quantitative estimate of drug-likeness (QED) is 0.243. The van der Waals surface area contributed by atoms with Crippen LogP contribution in [0.25, 0.3) is 0 Å². The third-order valence-electron chi connectivity index (χ3n) is 6.62. The minimum Gasteiger partial charge on any atom is -0.497 e. The first-order chi connectivity index (χ1) is 19.5. The van der Waals surface area contributed by atoms with Crippen LogP contribution in [0, 0.1) is 6.92 Å². The summed E-state index contributed by atoms with van der Waals surface area (Å²) in [7, 11) is -2.73. The number of rotatable bonds is 13. The molecular formula is C30H35Cl2N3O5S. The normalized spacial score (nSPS) is 12.0. The molecule has 0 unspecified atom stereocenters. The summed E-state index contributed by atoms with van der Waals surface area (Å²) in [6.07, 6.45) is 1.67. The number of halogens is 2. The number of ether oxygens (including phenoxy) is 1. The van der Waals surface area contributed by atoms with Crippen LogP contribution in [-0.4, -0.2) is 51.4 Å². The summed E-state index contributed by atoms with van der Waals surface area (Å²) in [6.45, 7) is 5.21. The molecule has 0 aliphatic rings. The Balaban J connectivity index is 2.06. The molecule has 0 bridgehead atoms. The van der Waals surface area contributed by atoms with Crippen LogP contribution >= 0.6 is 23.2 Å². The van der Waals surface area contributed by atoms with Gasteiger partial charge in [0.25, 0.3) is 10.0 Å². The molecule has 2 amide bonds. The van der Waals surface area contributed by atoms with Gasteiger partial charge < -0.3 is 15.0 Å². The van der Waals surface area contributed by atoms with E-state index in [9.17, 15) is 18.0 Å². The van der Waals surface area contributed by atoms with E-state index in [0.717, 1.165) is 22.7 Å². The van der Waals surface area contributed by atoms with Gasteiger partial charge >= 0.3 is 0 Å². The second-order valence-electron chi connectivity index (χ2n) is 9.57. The Bertz CT molecular complexity index is 1440. The van der Waals surface area contributed by atoms with Crippen molar-refractivity contribution >= 4 is 50.7 Å². The standard InChI is InChI=1S/C30H35Cl2N3O5S/c1-5-6-17-33-30(37)22(3)34(19-26-27(31)11-8-12-28(26)32)29(36)20-35(23-9-7-10-24(18-23)40-4)41(38,39)25-15-13-21(2)14-16-25/h7-16,18,22H,5-6,17,19-20H2,1-4H3,(H,33,37)/t22-/m1/s1. The van der Waals surface area contributed by atoms with E-state index < -0.39 is 28.5 Å². The number of carbonyl (C=O) groups is 2. The molecule has 0 heterocycles. The fraction of sp³-hybridized carbons (Fsp3) is 0.333. The molecule has 0 radical (unpaired) electrons. The molecule has 3 rings (SSSR count). The van der Waals surface area contributed by atoms with E-state index in [0.29, 0.717) is 27.9 Å². The van der Waals surface area contributed by atoms with Crippen LogP contribution in [0.4, 0.5) is 5.69 Å². The first-order valence-corrected chi connectivity index (χ1v) is 15.4. The largest absolute Gasteiger partial charge is 0.497 e. The van der Waals surface area contributed by atoms with Crippen molar-refractivity contribution in [1.29, 1.82) is 0 Å². The van der Waals surface area contributed by atoms with Gasteiger partial charge in [0.2, 0.25) is 11.8 Å². The smallest absolute Gasteiger partial charge is 0.264 e. The predicted octanol–water partition coefficient (Wildman–Crippen LogP) is 5.84. The lowest BCUT2D eigenvalue weighted by Gasteiger charge is -2.32. The maximum absolute atomic E-state index is 14.0. The lowest BCUT2D eigenvalue weighted by Crippen LogP contribution is -2.51. The number of aryl methyl sites for hydroxylation is 1. The average molecular weight is 621 g/mol. The molecule has 1 atom stereocenters. The van der Waals surface area contributed by atoms with Gasteiger partial charge in [-0.25, -0.2) is 8.42 Å². The van der Waals surface area contributed by atoms with E-state index >= 15 is 0 Å². The summed E-state index contributed by atoms with van der Waals surface area (Å²) in [6, 6.07) is 16.8. The second kappa shape index (κ2) is 14.6. The highest BCUT2D eigenvalue weighted by molar-refractivity contribution is 7.92. The van der Waals surface area contributed by atoms with Crippen molar-refractivity contribution in [1.82, 2.24) is 10.2 Å². The van der Waals surface area contributed by atoms with Crippen LogP contribution < -0.4 is 14.4 Å². The summed E-state index contributed by atoms with van der Waals surface area (Å²) in [5.41, 5.74) is 1.57. The Kier molecular flexibility index (Phi) is 11.5. The number of methoxy groups -OCH3 is 1. The molecule has 1 N–H and O–H groups in total. The number of nitrogens with one attached hydrogen (secondary N) is 1. The molecule has 0 saturated heterocycles. The molecule has 0 fully saturated rings. The molecule has 11 heteroatoms. The summed E-state index contributed by atoms with van der Waals surface area (Å²) < 4.78 is 34.2. The highest BCUT2D eigenvalue weighted by atomic mass is 35.5. The maximum atomic E-state index is 14.0. The van der Waals surface area contributed by atoms with Crippen molar-refractivity contribution in [2.75, 3.05) is 24.5 Å². The van der Waals surface area contributed by atoms with E-state index in [2.05, 4.69) is 5.32 Å². The lowest BCUT2D eigenvalue weighted by atomic mass is 10.1. The van der Waals surface area contributed by atoms with Gasteiger partial charge in [-0.1, -0.05) is 66.4 Å². The lowest BCUT2D eigenvalue weighted by molar-refractivity contribution is -0.139. The van der Waals surface area contributed by atoms with E-state index in [1.54, 1.807) is 55.5 Å². The van der Waals surface area contributed by atoms with Crippen LogP contribution in [-0.2, 0) is 26.2 Å². The Labute approximate surface area is 252 Å². The van der Waals surface area contributed by atoms with Crippen molar-refractivity contribution in [3.63, 3.8) is 0 Å². The Hall–Kier alpha value is -3.27. The van der Waals surface area contributed by atoms with E-state index in [-0.39, 0.29) is 23.0 Å². The minimum absolute atomic E-state index is 0.0183. The van der Waals surface area contributed by atoms with Crippen molar-refractivity contribution in [2.24, 2.45) is 0 Å². The number of benzene rings is 3. The van der Waals surface area contributed by atoms with Crippen LogP contribution in [0.2, 0.25) is 10.0 Å². The van der Waals surface area contributed by atoms with Gasteiger partial charge in [-0.3, -0.25) is 13.9 Å². The SMILES string of the molecule is CCCCNC(=O)[C@@H](C)N(Cc1c(Cl)cccc1Cl)C(=O)CN(c1cccc(OC)c1)S(=O)(=O)c1ccc(C)cc1. The zero-order valence-electron chi connectivity index (χ0n) is 23.6. The van der Waals surface area contributed by atoms with Crippen LogP contribution in [0.3, 0.4) is 0 Å². The number of anilines is 1. The fourth-order valence-corrected chi connectivity index (χ4v) is 6.03. The number of hydrogen-bond donors (Lipinski definition) is 1. The highest BCUT2D eigenvalue weighted by Crippen LogP contribution is 2.29. The number of nitrogens with zero attached hydrogens (tertiary/aromatic N) is 2. The number of carbonyl (C=O) groups excluding carboxylic acids is 2.